The molecule has 0 saturated carbocycles. The summed E-state index contributed by atoms with van der Waals surface area (Å²) in [7, 11) is 0. The van der Waals surface area contributed by atoms with E-state index in [4.69, 9.17) is 11.6 Å². The zero-order valence-electron chi connectivity index (χ0n) is 16.7. The fourth-order valence-corrected chi connectivity index (χ4v) is 3.54. The Morgan fingerprint density at radius 2 is 1.68 bits per heavy atom. The molecule has 0 aliphatic carbocycles. The number of aromatic nitrogens is 3. The summed E-state index contributed by atoms with van der Waals surface area (Å²) in [5.74, 6) is -0.381. The smallest absolute Gasteiger partial charge is 0.124 e. The van der Waals surface area contributed by atoms with Crippen molar-refractivity contribution < 1.29 is 9.50 Å². The Hall–Kier alpha value is -3.06. The van der Waals surface area contributed by atoms with Gasteiger partial charge in [-0.2, -0.15) is 15.0 Å². The molecule has 1 atom stereocenters. The van der Waals surface area contributed by atoms with Crippen molar-refractivity contribution >= 4 is 11.6 Å². The second-order valence-electron chi connectivity index (χ2n) is 7.18. The molecule has 3 aromatic carbocycles. The number of halogens is 2. The Bertz CT molecular complexity index is 1140. The summed E-state index contributed by atoms with van der Waals surface area (Å²) >= 11 is 6.17. The summed E-state index contributed by atoms with van der Waals surface area (Å²) in [6, 6.07) is 23.6. The number of rotatable bonds is 8. The molecular formula is C24H22ClFN4O. The van der Waals surface area contributed by atoms with E-state index in [2.05, 4.69) is 15.5 Å². The highest BCUT2D eigenvalue weighted by Crippen LogP contribution is 2.22. The Labute approximate surface area is 185 Å². The fourth-order valence-electron chi connectivity index (χ4n) is 3.31. The van der Waals surface area contributed by atoms with E-state index < -0.39 is 6.10 Å². The molecule has 2 N–H and O–H groups in total. The van der Waals surface area contributed by atoms with Crippen LogP contribution in [-0.2, 0) is 13.1 Å². The first-order valence-corrected chi connectivity index (χ1v) is 10.3. The van der Waals surface area contributed by atoms with Gasteiger partial charge in [0.15, 0.2) is 0 Å². The van der Waals surface area contributed by atoms with E-state index in [1.54, 1.807) is 10.9 Å². The quantitative estimate of drug-likeness (QED) is 0.423. The van der Waals surface area contributed by atoms with Gasteiger partial charge in [-0.25, -0.2) is 4.39 Å². The van der Waals surface area contributed by atoms with Crippen LogP contribution in [0.3, 0.4) is 0 Å². The molecule has 0 aliphatic rings. The van der Waals surface area contributed by atoms with Gasteiger partial charge in [-0.15, -0.1) is 0 Å². The number of aliphatic hydroxyl groups excluding tert-OH is 1. The zero-order valence-corrected chi connectivity index (χ0v) is 17.5. The van der Waals surface area contributed by atoms with Crippen LogP contribution in [-0.4, -0.2) is 26.6 Å². The van der Waals surface area contributed by atoms with Crippen LogP contribution in [0.4, 0.5) is 4.39 Å². The average molecular weight is 437 g/mol. The second kappa shape index (κ2) is 9.83. The third kappa shape index (κ3) is 5.35. The van der Waals surface area contributed by atoms with Gasteiger partial charge in [0.1, 0.15) is 17.2 Å². The second-order valence-corrected chi connectivity index (χ2v) is 7.59. The molecule has 0 amide bonds. The van der Waals surface area contributed by atoms with E-state index in [0.29, 0.717) is 24.7 Å². The lowest BCUT2D eigenvalue weighted by Crippen LogP contribution is -2.21. The molecule has 158 valence electrons. The molecule has 4 rings (SSSR count). The molecule has 1 aromatic heterocycles. The molecule has 1 heterocycles. The van der Waals surface area contributed by atoms with Crippen molar-refractivity contribution in [3.8, 4) is 11.3 Å². The van der Waals surface area contributed by atoms with Crippen molar-refractivity contribution in [3.63, 3.8) is 0 Å². The van der Waals surface area contributed by atoms with Crippen molar-refractivity contribution in [1.29, 1.82) is 0 Å². The molecule has 7 heteroatoms. The first-order chi connectivity index (χ1) is 15.1. The highest BCUT2D eigenvalue weighted by atomic mass is 35.5. The normalized spacial score (nSPS) is 12.1. The summed E-state index contributed by atoms with van der Waals surface area (Å²) in [5, 5.41) is 23.3. The molecule has 0 radical (unpaired) electrons. The van der Waals surface area contributed by atoms with Gasteiger partial charge in [-0.3, -0.25) is 0 Å². The maximum atomic E-state index is 13.4. The molecule has 31 heavy (non-hydrogen) atoms. The Balaban J connectivity index is 1.52. The fraction of sp³-hybridized carbons (Fsp3) is 0.167. The molecule has 0 fully saturated rings. The van der Waals surface area contributed by atoms with Crippen LogP contribution >= 0.6 is 11.6 Å². The molecule has 0 saturated heterocycles. The van der Waals surface area contributed by atoms with Crippen LogP contribution in [0.15, 0.2) is 78.9 Å². The number of nitrogens with zero attached hydrogens (tertiary/aromatic N) is 3. The van der Waals surface area contributed by atoms with Gasteiger partial charge in [-0.05, 0) is 23.3 Å². The van der Waals surface area contributed by atoms with Gasteiger partial charge in [0, 0.05) is 23.7 Å². The lowest BCUT2D eigenvalue weighted by Gasteiger charge is -2.11. The first-order valence-electron chi connectivity index (χ1n) is 9.97. The summed E-state index contributed by atoms with van der Waals surface area (Å²) in [4.78, 5) is 1.56. The average Bonchev–Trinajstić information content (AvgIpc) is 3.19. The van der Waals surface area contributed by atoms with Gasteiger partial charge < -0.3 is 10.4 Å². The van der Waals surface area contributed by atoms with Crippen LogP contribution in [0.1, 0.15) is 22.9 Å². The molecule has 0 bridgehead atoms. The standard InChI is InChI=1S/C24H22ClFN4O/c25-21-13-20(26)12-11-19(21)16-30-28-22(24(29-30)18-9-5-2-6-10-18)14-27-15-23(31)17-7-3-1-4-8-17/h1-13,23,27,31H,14-16H2/t23-/m1/s1. The number of benzene rings is 3. The molecule has 4 aromatic rings. The van der Waals surface area contributed by atoms with E-state index in [1.807, 2.05) is 60.7 Å². The van der Waals surface area contributed by atoms with Crippen LogP contribution in [0, 0.1) is 5.82 Å². The van der Waals surface area contributed by atoms with Crippen molar-refractivity contribution in [3.05, 3.63) is 107 Å². The predicted molar refractivity (Wildman–Crippen MR) is 119 cm³/mol. The van der Waals surface area contributed by atoms with E-state index in [0.717, 1.165) is 28.1 Å². The molecular weight excluding hydrogens is 415 g/mol. The largest absolute Gasteiger partial charge is 0.387 e. The minimum absolute atomic E-state index is 0.325. The van der Waals surface area contributed by atoms with E-state index in [-0.39, 0.29) is 5.82 Å². The lowest BCUT2D eigenvalue weighted by molar-refractivity contribution is 0.174. The summed E-state index contributed by atoms with van der Waals surface area (Å²) in [6.45, 7) is 1.14. The van der Waals surface area contributed by atoms with Crippen LogP contribution in [0.25, 0.3) is 11.3 Å². The minimum Gasteiger partial charge on any atom is -0.387 e. The third-order valence-corrected chi connectivity index (χ3v) is 5.27. The Kier molecular flexibility index (Phi) is 6.72. The summed E-state index contributed by atoms with van der Waals surface area (Å²) in [6.07, 6.45) is -0.616. The molecule has 0 spiro atoms. The number of hydrogen-bond acceptors (Lipinski definition) is 4. The van der Waals surface area contributed by atoms with Gasteiger partial charge in [0.2, 0.25) is 0 Å². The van der Waals surface area contributed by atoms with Crippen LogP contribution < -0.4 is 5.32 Å². The van der Waals surface area contributed by atoms with Crippen molar-refractivity contribution in [2.45, 2.75) is 19.2 Å². The van der Waals surface area contributed by atoms with Gasteiger partial charge >= 0.3 is 0 Å². The van der Waals surface area contributed by atoms with Crippen LogP contribution in [0.5, 0.6) is 0 Å². The number of aliphatic hydroxyl groups is 1. The van der Waals surface area contributed by atoms with Gasteiger partial charge in [-0.1, -0.05) is 78.3 Å². The number of hydrogen-bond donors (Lipinski definition) is 2. The van der Waals surface area contributed by atoms with E-state index in [9.17, 15) is 9.50 Å². The van der Waals surface area contributed by atoms with E-state index in [1.165, 1.54) is 12.1 Å². The summed E-state index contributed by atoms with van der Waals surface area (Å²) in [5.41, 5.74) is 4.04. The SMILES string of the molecule is O[C@H](CNCc1nn(Cc2ccc(F)cc2Cl)nc1-c1ccccc1)c1ccccc1. The van der Waals surface area contributed by atoms with Crippen molar-refractivity contribution in [2.24, 2.45) is 0 Å². The predicted octanol–water partition coefficient (Wildman–Crippen LogP) is 4.61. The third-order valence-electron chi connectivity index (χ3n) is 4.91. The minimum atomic E-state index is -0.616. The monoisotopic (exact) mass is 436 g/mol. The Morgan fingerprint density at radius 3 is 2.39 bits per heavy atom. The van der Waals surface area contributed by atoms with E-state index >= 15 is 0 Å². The Morgan fingerprint density at radius 1 is 0.968 bits per heavy atom. The van der Waals surface area contributed by atoms with Crippen molar-refractivity contribution in [2.75, 3.05) is 6.54 Å². The summed E-state index contributed by atoms with van der Waals surface area (Å²) < 4.78 is 13.4. The van der Waals surface area contributed by atoms with Gasteiger partial charge in [0.05, 0.1) is 12.6 Å². The van der Waals surface area contributed by atoms with Crippen LogP contribution in [0.2, 0.25) is 5.02 Å². The highest BCUT2D eigenvalue weighted by molar-refractivity contribution is 6.31. The molecule has 5 nitrogen and oxygen atoms in total. The zero-order chi connectivity index (χ0) is 21.6. The topological polar surface area (TPSA) is 63.0 Å². The maximum Gasteiger partial charge on any atom is 0.124 e. The first kappa shape index (κ1) is 21.2. The maximum absolute atomic E-state index is 13.4. The van der Waals surface area contributed by atoms with Crippen molar-refractivity contribution in [1.82, 2.24) is 20.3 Å². The molecule has 0 aliphatic heterocycles. The van der Waals surface area contributed by atoms with Gasteiger partial charge in [0.25, 0.3) is 0 Å². The number of nitrogens with one attached hydrogen (secondary N) is 1. The molecule has 0 unspecified atom stereocenters. The highest BCUT2D eigenvalue weighted by Gasteiger charge is 2.15. The lowest BCUT2D eigenvalue weighted by atomic mass is 10.1.